The van der Waals surface area contributed by atoms with Gasteiger partial charge in [0.25, 0.3) is 17.6 Å². The third-order valence-electron chi connectivity index (χ3n) is 3.14. The summed E-state index contributed by atoms with van der Waals surface area (Å²) in [7, 11) is 0. The minimum Gasteiger partial charge on any atom is -0.460 e. The van der Waals surface area contributed by atoms with E-state index in [0.717, 1.165) is 4.47 Å². The van der Waals surface area contributed by atoms with E-state index in [1.165, 1.54) is 0 Å². The molecule has 25 heavy (non-hydrogen) atoms. The van der Waals surface area contributed by atoms with Gasteiger partial charge in [0.1, 0.15) is 5.69 Å². The summed E-state index contributed by atoms with van der Waals surface area (Å²) in [5.74, 6) is -0.941. The van der Waals surface area contributed by atoms with Crippen molar-refractivity contribution in [3.63, 3.8) is 0 Å². The fourth-order valence-electron chi connectivity index (χ4n) is 2.05. The fraction of sp³-hybridized carbons (Fsp3) is 0.125. The summed E-state index contributed by atoms with van der Waals surface area (Å²) in [5.41, 5.74) is 1.53. The highest BCUT2D eigenvalue weighted by Gasteiger charge is 2.17. The van der Waals surface area contributed by atoms with Gasteiger partial charge in [-0.15, -0.1) is 0 Å². The van der Waals surface area contributed by atoms with Crippen LogP contribution in [0.15, 0.2) is 45.5 Å². The predicted molar refractivity (Wildman–Crippen MR) is 92.1 cm³/mol. The van der Waals surface area contributed by atoms with E-state index in [0.29, 0.717) is 16.9 Å². The Morgan fingerprint density at radius 2 is 2.20 bits per heavy atom. The molecular weight excluding hydrogens is 392 g/mol. The number of halogens is 1. The van der Waals surface area contributed by atoms with E-state index in [9.17, 15) is 9.59 Å². The molecule has 8 nitrogen and oxygen atoms in total. The smallest absolute Gasteiger partial charge is 0.379 e. The summed E-state index contributed by atoms with van der Waals surface area (Å²) in [4.78, 5) is 30.6. The van der Waals surface area contributed by atoms with Crippen LogP contribution in [0.3, 0.4) is 0 Å². The van der Waals surface area contributed by atoms with Gasteiger partial charge in [-0.3, -0.25) is 4.79 Å². The average molecular weight is 405 g/mol. The van der Waals surface area contributed by atoms with Crippen LogP contribution in [-0.4, -0.2) is 33.6 Å². The number of aromatic nitrogens is 3. The normalized spacial score (nSPS) is 10.5. The number of nitrogens with one attached hydrogen (secondary N) is 2. The van der Waals surface area contributed by atoms with Crippen LogP contribution in [0.2, 0.25) is 0 Å². The topological polar surface area (TPSA) is 110 Å². The monoisotopic (exact) mass is 404 g/mol. The maximum atomic E-state index is 12.2. The molecular formula is C16H13BrN4O4. The first-order chi connectivity index (χ1) is 12.1. The van der Waals surface area contributed by atoms with Crippen LogP contribution >= 0.6 is 15.9 Å². The van der Waals surface area contributed by atoms with E-state index in [-0.39, 0.29) is 24.2 Å². The van der Waals surface area contributed by atoms with Gasteiger partial charge in [0.15, 0.2) is 0 Å². The Morgan fingerprint density at radius 3 is 2.92 bits per heavy atom. The molecule has 2 aromatic heterocycles. The molecule has 3 rings (SSSR count). The molecule has 0 spiro atoms. The molecule has 0 aliphatic carbocycles. The van der Waals surface area contributed by atoms with Gasteiger partial charge in [-0.05, 0) is 52.3 Å². The third-order valence-corrected chi connectivity index (χ3v) is 3.60. The summed E-state index contributed by atoms with van der Waals surface area (Å²) in [5, 5.41) is 6.35. The Morgan fingerprint density at radius 1 is 1.36 bits per heavy atom. The van der Waals surface area contributed by atoms with Crippen molar-refractivity contribution in [1.82, 2.24) is 15.1 Å². The summed E-state index contributed by atoms with van der Waals surface area (Å²) < 4.78 is 10.7. The van der Waals surface area contributed by atoms with Crippen molar-refractivity contribution in [3.05, 3.63) is 52.5 Å². The second kappa shape index (κ2) is 7.31. The molecule has 0 aliphatic heterocycles. The molecule has 1 amide bonds. The zero-order chi connectivity index (χ0) is 17.8. The lowest BCUT2D eigenvalue weighted by Gasteiger charge is -2.04. The second-order valence-electron chi connectivity index (χ2n) is 4.91. The molecule has 9 heteroatoms. The highest BCUT2D eigenvalue weighted by atomic mass is 79.9. The highest BCUT2D eigenvalue weighted by Crippen LogP contribution is 2.22. The first kappa shape index (κ1) is 16.9. The Kier molecular flexibility index (Phi) is 4.94. The molecule has 0 atom stereocenters. The number of ether oxygens (including phenoxy) is 1. The Balaban J connectivity index is 1.77. The number of carbonyl (C=O) groups is 2. The molecule has 2 heterocycles. The SMILES string of the molecule is CCOC(=O)c1noc(-c2cccc(NC(=O)c3cc(Br)c[nH]3)c2)n1. The number of hydrogen-bond donors (Lipinski definition) is 2. The lowest BCUT2D eigenvalue weighted by molar-refractivity contribution is 0.0508. The van der Waals surface area contributed by atoms with Gasteiger partial charge in [-0.1, -0.05) is 6.07 Å². The molecule has 0 radical (unpaired) electrons. The molecule has 0 fully saturated rings. The molecule has 128 valence electrons. The van der Waals surface area contributed by atoms with E-state index >= 15 is 0 Å². The van der Waals surface area contributed by atoms with E-state index in [1.54, 1.807) is 43.5 Å². The van der Waals surface area contributed by atoms with Crippen LogP contribution in [0, 0.1) is 0 Å². The summed E-state index contributed by atoms with van der Waals surface area (Å²) >= 11 is 3.28. The van der Waals surface area contributed by atoms with Gasteiger partial charge >= 0.3 is 5.97 Å². The highest BCUT2D eigenvalue weighted by molar-refractivity contribution is 9.10. The molecule has 2 N–H and O–H groups in total. The van der Waals surface area contributed by atoms with Crippen LogP contribution in [0.4, 0.5) is 5.69 Å². The Hall–Kier alpha value is -2.94. The molecule has 0 saturated heterocycles. The van der Waals surface area contributed by atoms with Gasteiger partial charge in [0.05, 0.1) is 6.61 Å². The molecule has 0 saturated carbocycles. The van der Waals surface area contributed by atoms with E-state index in [1.807, 2.05) is 0 Å². The number of nitrogens with zero attached hydrogens (tertiary/aromatic N) is 2. The van der Waals surface area contributed by atoms with Crippen LogP contribution in [0.1, 0.15) is 28.0 Å². The van der Waals surface area contributed by atoms with Crippen molar-refractivity contribution >= 4 is 33.5 Å². The van der Waals surface area contributed by atoms with E-state index in [4.69, 9.17) is 9.26 Å². The zero-order valence-electron chi connectivity index (χ0n) is 13.1. The van der Waals surface area contributed by atoms with Crippen molar-refractivity contribution in [2.45, 2.75) is 6.92 Å². The van der Waals surface area contributed by atoms with Crippen molar-refractivity contribution in [3.8, 4) is 11.5 Å². The fourth-order valence-corrected chi connectivity index (χ4v) is 2.39. The average Bonchev–Trinajstić information content (AvgIpc) is 3.24. The number of H-pyrrole nitrogens is 1. The lowest BCUT2D eigenvalue weighted by atomic mass is 10.2. The number of hydrogen-bond acceptors (Lipinski definition) is 6. The maximum absolute atomic E-state index is 12.2. The molecule has 0 aliphatic rings. The van der Waals surface area contributed by atoms with Gasteiger partial charge in [0.2, 0.25) is 0 Å². The van der Waals surface area contributed by atoms with Crippen LogP contribution in [0.5, 0.6) is 0 Å². The number of benzene rings is 1. The Labute approximate surface area is 150 Å². The summed E-state index contributed by atoms with van der Waals surface area (Å²) in [6, 6.07) is 8.51. The van der Waals surface area contributed by atoms with Crippen LogP contribution in [-0.2, 0) is 4.74 Å². The van der Waals surface area contributed by atoms with Gasteiger partial charge in [-0.25, -0.2) is 4.79 Å². The van der Waals surface area contributed by atoms with Crippen molar-refractivity contribution < 1.29 is 18.8 Å². The first-order valence-corrected chi connectivity index (χ1v) is 8.12. The van der Waals surface area contributed by atoms with Crippen LogP contribution < -0.4 is 5.32 Å². The number of carbonyl (C=O) groups excluding carboxylic acids is 2. The lowest BCUT2D eigenvalue weighted by Crippen LogP contribution is -2.12. The van der Waals surface area contributed by atoms with Crippen molar-refractivity contribution in [2.24, 2.45) is 0 Å². The number of anilines is 1. The standard InChI is InChI=1S/C16H13BrN4O4/c1-2-24-16(23)13-20-15(25-21-13)9-4-3-5-11(6-9)19-14(22)12-7-10(17)8-18-12/h3-8,18H,2H2,1H3,(H,19,22). The predicted octanol–water partition coefficient (Wildman–Crippen LogP) is 3.26. The third kappa shape index (κ3) is 3.94. The molecule has 0 unspecified atom stereocenters. The zero-order valence-corrected chi connectivity index (χ0v) is 14.7. The second-order valence-corrected chi connectivity index (χ2v) is 5.83. The number of esters is 1. The summed E-state index contributed by atoms with van der Waals surface area (Å²) in [6.07, 6.45) is 1.67. The Bertz CT molecular complexity index is 918. The molecule has 0 bridgehead atoms. The minimum atomic E-state index is -0.653. The molecule has 1 aromatic carbocycles. The quantitative estimate of drug-likeness (QED) is 0.631. The minimum absolute atomic E-state index is 0.150. The van der Waals surface area contributed by atoms with E-state index < -0.39 is 5.97 Å². The largest absolute Gasteiger partial charge is 0.460 e. The number of rotatable bonds is 5. The number of aromatic amines is 1. The van der Waals surface area contributed by atoms with Crippen molar-refractivity contribution in [2.75, 3.05) is 11.9 Å². The van der Waals surface area contributed by atoms with Crippen molar-refractivity contribution in [1.29, 1.82) is 0 Å². The van der Waals surface area contributed by atoms with E-state index in [2.05, 4.69) is 36.4 Å². The molecule has 3 aromatic rings. The summed E-state index contributed by atoms with van der Waals surface area (Å²) in [6.45, 7) is 1.91. The first-order valence-electron chi connectivity index (χ1n) is 7.33. The maximum Gasteiger partial charge on any atom is 0.379 e. The number of amides is 1. The van der Waals surface area contributed by atoms with Gasteiger partial charge < -0.3 is 19.6 Å². The van der Waals surface area contributed by atoms with Gasteiger partial charge in [-0.2, -0.15) is 4.98 Å². The van der Waals surface area contributed by atoms with Gasteiger partial charge in [0, 0.05) is 21.9 Å². The van der Waals surface area contributed by atoms with Crippen LogP contribution in [0.25, 0.3) is 11.5 Å².